The Balaban J connectivity index is 2.01. The monoisotopic (exact) mass is 252 g/mol. The van der Waals surface area contributed by atoms with Gasteiger partial charge in [-0.3, -0.25) is 4.79 Å². The summed E-state index contributed by atoms with van der Waals surface area (Å²) in [5.74, 6) is -0.302. The lowest BCUT2D eigenvalue weighted by atomic mass is 10.2. The number of nitriles is 2. The van der Waals surface area contributed by atoms with Gasteiger partial charge < -0.3 is 5.32 Å². The number of carbonyl (C=O) groups excluding carboxylic acids is 1. The van der Waals surface area contributed by atoms with E-state index in [9.17, 15) is 4.79 Å². The van der Waals surface area contributed by atoms with Gasteiger partial charge in [-0.05, 0) is 18.2 Å². The Kier molecular flexibility index (Phi) is 3.51. The summed E-state index contributed by atoms with van der Waals surface area (Å²) in [5, 5.41) is 23.7. The van der Waals surface area contributed by atoms with Crippen molar-refractivity contribution in [2.24, 2.45) is 0 Å². The third-order valence-electron chi connectivity index (χ3n) is 2.22. The summed E-state index contributed by atoms with van der Waals surface area (Å²) in [6, 6.07) is 10.3. The number of amides is 1. The second kappa shape index (κ2) is 5.43. The molecule has 1 aromatic carbocycles. The minimum Gasteiger partial charge on any atom is -0.324 e. The van der Waals surface area contributed by atoms with E-state index in [0.29, 0.717) is 11.3 Å². The van der Waals surface area contributed by atoms with Gasteiger partial charge in [-0.2, -0.15) is 10.5 Å². The van der Waals surface area contributed by atoms with Crippen molar-refractivity contribution >= 4 is 11.6 Å². The SMILES string of the molecule is N#Cc1cccc(NC(=O)Cn2cnc(C#N)n2)c1. The van der Waals surface area contributed by atoms with Crippen LogP contribution in [0, 0.1) is 22.7 Å². The van der Waals surface area contributed by atoms with Crippen LogP contribution >= 0.6 is 0 Å². The summed E-state index contributed by atoms with van der Waals surface area (Å²) < 4.78 is 1.27. The minimum absolute atomic E-state index is 0.0132. The Morgan fingerprint density at radius 3 is 2.89 bits per heavy atom. The standard InChI is InChI=1S/C12H8N6O/c13-5-9-2-1-3-10(4-9)16-12(19)7-18-8-15-11(6-14)17-18/h1-4,8H,7H2,(H,16,19). The molecule has 0 aliphatic carbocycles. The zero-order valence-electron chi connectivity index (χ0n) is 9.74. The average Bonchev–Trinajstić information content (AvgIpc) is 2.86. The van der Waals surface area contributed by atoms with Gasteiger partial charge in [0.15, 0.2) is 0 Å². The lowest BCUT2D eigenvalue weighted by molar-refractivity contribution is -0.116. The Hall–Kier alpha value is -3.19. The fourth-order valence-electron chi connectivity index (χ4n) is 1.44. The number of aromatic nitrogens is 3. The first-order valence-electron chi connectivity index (χ1n) is 5.31. The van der Waals surface area contributed by atoms with Gasteiger partial charge in [-0.25, -0.2) is 9.67 Å². The zero-order valence-corrected chi connectivity index (χ0v) is 9.74. The quantitative estimate of drug-likeness (QED) is 0.863. The van der Waals surface area contributed by atoms with Gasteiger partial charge in [-0.1, -0.05) is 6.07 Å². The fraction of sp³-hybridized carbons (Fsp3) is 0.0833. The molecular weight excluding hydrogens is 244 g/mol. The molecule has 1 amide bonds. The molecular formula is C12H8N6O. The smallest absolute Gasteiger partial charge is 0.252 e. The summed E-state index contributed by atoms with van der Waals surface area (Å²) in [6.07, 6.45) is 1.31. The first-order chi connectivity index (χ1) is 9.21. The molecule has 92 valence electrons. The van der Waals surface area contributed by atoms with Crippen LogP contribution in [0.25, 0.3) is 0 Å². The highest BCUT2D eigenvalue weighted by Crippen LogP contribution is 2.09. The number of carbonyl (C=O) groups is 1. The van der Waals surface area contributed by atoms with Crippen LogP contribution in [0.1, 0.15) is 11.4 Å². The van der Waals surface area contributed by atoms with E-state index < -0.39 is 0 Å². The molecule has 0 atom stereocenters. The predicted octanol–water partition coefficient (Wildman–Crippen LogP) is 0.660. The Bertz CT molecular complexity index is 691. The molecule has 1 aromatic heterocycles. The van der Waals surface area contributed by atoms with Crippen molar-refractivity contribution in [3.63, 3.8) is 0 Å². The third kappa shape index (κ3) is 3.14. The number of hydrogen-bond acceptors (Lipinski definition) is 5. The van der Waals surface area contributed by atoms with Crippen LogP contribution in [0.2, 0.25) is 0 Å². The van der Waals surface area contributed by atoms with Crippen LogP contribution in [0.15, 0.2) is 30.6 Å². The van der Waals surface area contributed by atoms with Crippen molar-refractivity contribution in [1.82, 2.24) is 14.8 Å². The molecule has 0 spiro atoms. The zero-order chi connectivity index (χ0) is 13.7. The predicted molar refractivity (Wildman–Crippen MR) is 64.5 cm³/mol. The first kappa shape index (κ1) is 12.3. The van der Waals surface area contributed by atoms with Gasteiger partial charge >= 0.3 is 0 Å². The van der Waals surface area contributed by atoms with Gasteiger partial charge in [0.1, 0.15) is 18.9 Å². The second-order valence-electron chi connectivity index (χ2n) is 3.62. The Labute approximate surface area is 108 Å². The van der Waals surface area contributed by atoms with E-state index in [-0.39, 0.29) is 18.3 Å². The van der Waals surface area contributed by atoms with Crippen molar-refractivity contribution < 1.29 is 4.79 Å². The number of anilines is 1. The summed E-state index contributed by atoms with van der Waals surface area (Å²) in [7, 11) is 0. The molecule has 2 aromatic rings. The maximum absolute atomic E-state index is 11.7. The Morgan fingerprint density at radius 2 is 2.21 bits per heavy atom. The molecule has 0 saturated heterocycles. The van der Waals surface area contributed by atoms with Gasteiger partial charge in [0.05, 0.1) is 11.6 Å². The van der Waals surface area contributed by atoms with Gasteiger partial charge in [-0.15, -0.1) is 5.10 Å². The molecule has 19 heavy (non-hydrogen) atoms. The van der Waals surface area contributed by atoms with Crippen molar-refractivity contribution in [3.05, 3.63) is 42.0 Å². The molecule has 0 bridgehead atoms. The van der Waals surface area contributed by atoms with E-state index in [1.165, 1.54) is 11.0 Å². The lowest BCUT2D eigenvalue weighted by Crippen LogP contribution is -2.19. The normalized spacial score (nSPS) is 9.37. The highest BCUT2D eigenvalue weighted by Gasteiger charge is 2.06. The lowest BCUT2D eigenvalue weighted by Gasteiger charge is -2.04. The summed E-state index contributed by atoms with van der Waals surface area (Å²) >= 11 is 0. The number of hydrogen-bond donors (Lipinski definition) is 1. The average molecular weight is 252 g/mol. The van der Waals surface area contributed by atoms with Crippen LogP contribution in [-0.2, 0) is 11.3 Å². The number of nitrogens with zero attached hydrogens (tertiary/aromatic N) is 5. The van der Waals surface area contributed by atoms with E-state index in [1.807, 2.05) is 6.07 Å². The first-order valence-corrected chi connectivity index (χ1v) is 5.31. The molecule has 0 saturated carbocycles. The van der Waals surface area contributed by atoms with Crippen molar-refractivity contribution in [1.29, 1.82) is 10.5 Å². The highest BCUT2D eigenvalue weighted by atomic mass is 16.2. The molecule has 0 aliphatic heterocycles. The van der Waals surface area contributed by atoms with Crippen molar-refractivity contribution in [2.45, 2.75) is 6.54 Å². The van der Waals surface area contributed by atoms with E-state index in [4.69, 9.17) is 10.5 Å². The highest BCUT2D eigenvalue weighted by molar-refractivity contribution is 5.90. The van der Waals surface area contributed by atoms with Gasteiger partial charge in [0, 0.05) is 5.69 Å². The minimum atomic E-state index is -0.315. The summed E-state index contributed by atoms with van der Waals surface area (Å²) in [5.41, 5.74) is 0.995. The Morgan fingerprint density at radius 1 is 1.37 bits per heavy atom. The van der Waals surface area contributed by atoms with Crippen LogP contribution in [0.4, 0.5) is 5.69 Å². The maximum Gasteiger partial charge on any atom is 0.252 e. The number of benzene rings is 1. The summed E-state index contributed by atoms with van der Waals surface area (Å²) in [6.45, 7) is -0.0501. The van der Waals surface area contributed by atoms with Crippen molar-refractivity contribution in [3.8, 4) is 12.1 Å². The van der Waals surface area contributed by atoms with Crippen LogP contribution < -0.4 is 5.32 Å². The number of nitrogens with one attached hydrogen (secondary N) is 1. The van der Waals surface area contributed by atoms with Crippen LogP contribution in [0.5, 0.6) is 0 Å². The largest absolute Gasteiger partial charge is 0.324 e. The topological polar surface area (TPSA) is 107 Å². The molecule has 1 N–H and O–H groups in total. The molecule has 0 fully saturated rings. The van der Waals surface area contributed by atoms with Crippen LogP contribution in [0.3, 0.4) is 0 Å². The molecule has 7 nitrogen and oxygen atoms in total. The fourth-order valence-corrected chi connectivity index (χ4v) is 1.44. The molecule has 7 heteroatoms. The van der Waals surface area contributed by atoms with E-state index >= 15 is 0 Å². The molecule has 0 aliphatic rings. The molecule has 0 unspecified atom stereocenters. The number of rotatable bonds is 3. The molecule has 1 heterocycles. The maximum atomic E-state index is 11.7. The van der Waals surface area contributed by atoms with Crippen LogP contribution in [-0.4, -0.2) is 20.7 Å². The van der Waals surface area contributed by atoms with Crippen molar-refractivity contribution in [2.75, 3.05) is 5.32 Å². The third-order valence-corrected chi connectivity index (χ3v) is 2.22. The van der Waals surface area contributed by atoms with Gasteiger partial charge in [0.2, 0.25) is 5.91 Å². The van der Waals surface area contributed by atoms with E-state index in [2.05, 4.69) is 15.4 Å². The molecule has 0 radical (unpaired) electrons. The van der Waals surface area contributed by atoms with E-state index in [1.54, 1.807) is 30.3 Å². The van der Waals surface area contributed by atoms with Gasteiger partial charge in [0.25, 0.3) is 5.82 Å². The second-order valence-corrected chi connectivity index (χ2v) is 3.62. The molecule has 2 rings (SSSR count). The van der Waals surface area contributed by atoms with E-state index in [0.717, 1.165) is 0 Å². The summed E-state index contributed by atoms with van der Waals surface area (Å²) in [4.78, 5) is 15.4.